The summed E-state index contributed by atoms with van der Waals surface area (Å²) < 4.78 is 2.07. The molecule has 7 heteroatoms. The zero-order valence-corrected chi connectivity index (χ0v) is 16.2. The van der Waals surface area contributed by atoms with Crippen molar-refractivity contribution in [2.45, 2.75) is 23.8 Å². The molecule has 0 radical (unpaired) electrons. The maximum absolute atomic E-state index is 9.31. The molecule has 0 unspecified atom stereocenters. The minimum atomic E-state index is 0.655. The van der Waals surface area contributed by atoms with Gasteiger partial charge in [-0.1, -0.05) is 47.6 Å². The van der Waals surface area contributed by atoms with E-state index in [1.807, 2.05) is 48.5 Å². The van der Waals surface area contributed by atoms with Gasteiger partial charge in [-0.2, -0.15) is 5.26 Å². The van der Waals surface area contributed by atoms with Crippen molar-refractivity contribution >= 4 is 29.3 Å². The van der Waals surface area contributed by atoms with Crippen LogP contribution >= 0.6 is 23.4 Å². The van der Waals surface area contributed by atoms with Crippen LogP contribution in [0.5, 0.6) is 0 Å². The smallest absolute Gasteiger partial charge is 0.232 e. The Morgan fingerprint density at radius 1 is 1.07 bits per heavy atom. The first-order valence-corrected chi connectivity index (χ1v) is 10.2. The van der Waals surface area contributed by atoms with Gasteiger partial charge in [0.05, 0.1) is 17.3 Å². The van der Waals surface area contributed by atoms with Crippen molar-refractivity contribution in [1.82, 2.24) is 14.8 Å². The molecule has 136 valence electrons. The van der Waals surface area contributed by atoms with E-state index in [-0.39, 0.29) is 0 Å². The molecule has 0 atom stereocenters. The second-order valence-corrected chi connectivity index (χ2v) is 7.73. The first kappa shape index (κ1) is 17.9. The Kier molecular flexibility index (Phi) is 5.33. The lowest BCUT2D eigenvalue weighted by atomic mass is 10.1. The number of nitriles is 1. The van der Waals surface area contributed by atoms with Crippen molar-refractivity contribution < 1.29 is 0 Å². The normalized spacial score (nSPS) is 13.7. The molecule has 2 aromatic carbocycles. The maximum atomic E-state index is 9.31. The zero-order valence-electron chi connectivity index (χ0n) is 14.7. The fourth-order valence-corrected chi connectivity index (χ4v) is 4.35. The number of thioether (sulfide) groups is 1. The molecule has 0 spiro atoms. The summed E-state index contributed by atoms with van der Waals surface area (Å²) >= 11 is 7.81. The lowest BCUT2D eigenvalue weighted by Crippen LogP contribution is -2.22. The van der Waals surface area contributed by atoms with Gasteiger partial charge in [0.15, 0.2) is 5.16 Å². The van der Waals surface area contributed by atoms with Crippen LogP contribution < -0.4 is 4.90 Å². The minimum Gasteiger partial charge on any atom is -0.341 e. The molecule has 1 aromatic heterocycles. The molecule has 0 bridgehead atoms. The number of benzene rings is 2. The van der Waals surface area contributed by atoms with Crippen molar-refractivity contribution in [3.05, 3.63) is 64.7 Å². The largest absolute Gasteiger partial charge is 0.341 e. The van der Waals surface area contributed by atoms with Gasteiger partial charge in [0, 0.05) is 23.9 Å². The topological polar surface area (TPSA) is 57.7 Å². The second-order valence-electron chi connectivity index (χ2n) is 6.35. The average molecular weight is 396 g/mol. The third kappa shape index (κ3) is 3.80. The average Bonchev–Trinajstić information content (AvgIpc) is 3.36. The van der Waals surface area contributed by atoms with Crippen LogP contribution in [0.15, 0.2) is 53.7 Å². The van der Waals surface area contributed by atoms with E-state index in [0.29, 0.717) is 16.3 Å². The van der Waals surface area contributed by atoms with Crippen molar-refractivity contribution in [3.8, 4) is 11.8 Å². The molecule has 4 rings (SSSR count). The van der Waals surface area contributed by atoms with Gasteiger partial charge in [-0.3, -0.25) is 4.57 Å². The summed E-state index contributed by atoms with van der Waals surface area (Å²) in [6, 6.07) is 17.6. The van der Waals surface area contributed by atoms with Gasteiger partial charge < -0.3 is 4.90 Å². The van der Waals surface area contributed by atoms with Crippen molar-refractivity contribution in [3.63, 3.8) is 0 Å². The molecule has 1 saturated heterocycles. The third-order valence-corrected chi connectivity index (χ3v) is 5.78. The highest BCUT2D eigenvalue weighted by molar-refractivity contribution is 7.98. The van der Waals surface area contributed by atoms with Crippen LogP contribution in [0, 0.1) is 11.3 Å². The van der Waals surface area contributed by atoms with E-state index in [4.69, 9.17) is 11.6 Å². The van der Waals surface area contributed by atoms with Gasteiger partial charge in [-0.15, -0.1) is 10.2 Å². The predicted octanol–water partition coefficient (Wildman–Crippen LogP) is 4.68. The molecule has 0 N–H and O–H groups in total. The van der Waals surface area contributed by atoms with E-state index < -0.39 is 0 Å². The Morgan fingerprint density at radius 2 is 1.89 bits per heavy atom. The number of hydrogen-bond donors (Lipinski definition) is 0. The van der Waals surface area contributed by atoms with Crippen LogP contribution in [0.1, 0.15) is 24.0 Å². The molecule has 0 saturated carbocycles. The van der Waals surface area contributed by atoms with Crippen LogP contribution in [0.2, 0.25) is 5.02 Å². The highest BCUT2D eigenvalue weighted by Crippen LogP contribution is 2.31. The van der Waals surface area contributed by atoms with E-state index in [9.17, 15) is 5.26 Å². The molecule has 3 aromatic rings. The fourth-order valence-electron chi connectivity index (χ4n) is 3.22. The number of halogens is 1. The lowest BCUT2D eigenvalue weighted by molar-refractivity contribution is 0.841. The molecule has 1 fully saturated rings. The molecule has 1 aliphatic heterocycles. The van der Waals surface area contributed by atoms with Gasteiger partial charge in [-0.05, 0) is 42.7 Å². The number of aromatic nitrogens is 3. The number of rotatable bonds is 5. The molecular weight excluding hydrogens is 378 g/mol. The summed E-state index contributed by atoms with van der Waals surface area (Å²) in [5.41, 5.74) is 2.64. The summed E-state index contributed by atoms with van der Waals surface area (Å²) in [6.45, 7) is 1.97. The molecular formula is C20H18ClN5S. The van der Waals surface area contributed by atoms with Gasteiger partial charge in [-0.25, -0.2) is 0 Å². The lowest BCUT2D eigenvalue weighted by Gasteiger charge is -2.18. The predicted molar refractivity (Wildman–Crippen MR) is 109 cm³/mol. The van der Waals surface area contributed by atoms with Crippen LogP contribution in [-0.2, 0) is 5.75 Å². The molecule has 0 aliphatic carbocycles. The van der Waals surface area contributed by atoms with Crippen molar-refractivity contribution in [2.24, 2.45) is 0 Å². The van der Waals surface area contributed by atoms with Crippen LogP contribution in [-0.4, -0.2) is 27.9 Å². The number of nitrogens with zero attached hydrogens (tertiary/aromatic N) is 5. The Morgan fingerprint density at radius 3 is 2.67 bits per heavy atom. The SMILES string of the molecule is N#Cc1ccccc1CSc1nnc(N2CCCC2)n1-c1cccc(Cl)c1. The molecule has 1 aliphatic rings. The number of hydrogen-bond acceptors (Lipinski definition) is 5. The van der Waals surface area contributed by atoms with Gasteiger partial charge in [0.25, 0.3) is 0 Å². The van der Waals surface area contributed by atoms with E-state index in [0.717, 1.165) is 35.4 Å². The number of anilines is 1. The third-order valence-electron chi connectivity index (χ3n) is 4.57. The molecule has 27 heavy (non-hydrogen) atoms. The van der Waals surface area contributed by atoms with E-state index in [1.165, 1.54) is 12.8 Å². The molecule has 2 heterocycles. The first-order chi connectivity index (χ1) is 13.3. The van der Waals surface area contributed by atoms with Crippen LogP contribution in [0.3, 0.4) is 0 Å². The highest BCUT2D eigenvalue weighted by Gasteiger charge is 2.22. The summed E-state index contributed by atoms with van der Waals surface area (Å²) in [5, 5.41) is 19.7. The quantitative estimate of drug-likeness (QED) is 0.587. The molecule has 5 nitrogen and oxygen atoms in total. The second kappa shape index (κ2) is 8.03. The monoisotopic (exact) mass is 395 g/mol. The van der Waals surface area contributed by atoms with E-state index in [1.54, 1.807) is 11.8 Å². The Bertz CT molecular complexity index is 988. The standard InChI is InChI=1S/C20H18ClN5S/c21-17-8-5-9-18(12-17)26-19(25-10-3-4-11-25)23-24-20(26)27-14-16-7-2-1-6-15(16)13-22/h1-2,5-9,12H,3-4,10-11,14H2. The van der Waals surface area contributed by atoms with Crippen molar-refractivity contribution in [1.29, 1.82) is 5.26 Å². The summed E-state index contributed by atoms with van der Waals surface area (Å²) in [6.07, 6.45) is 2.33. The highest BCUT2D eigenvalue weighted by atomic mass is 35.5. The van der Waals surface area contributed by atoms with Crippen molar-refractivity contribution in [2.75, 3.05) is 18.0 Å². The Balaban J connectivity index is 1.69. The van der Waals surface area contributed by atoms with Crippen LogP contribution in [0.4, 0.5) is 5.95 Å². The summed E-state index contributed by atoms with van der Waals surface area (Å²) in [4.78, 5) is 2.27. The first-order valence-electron chi connectivity index (χ1n) is 8.83. The summed E-state index contributed by atoms with van der Waals surface area (Å²) in [5.74, 6) is 1.51. The van der Waals surface area contributed by atoms with Gasteiger partial charge >= 0.3 is 0 Å². The maximum Gasteiger partial charge on any atom is 0.232 e. The Hall–Kier alpha value is -2.49. The zero-order chi connectivity index (χ0) is 18.6. The fraction of sp³-hybridized carbons (Fsp3) is 0.250. The molecule has 0 amide bonds. The minimum absolute atomic E-state index is 0.655. The van der Waals surface area contributed by atoms with E-state index in [2.05, 4.69) is 25.7 Å². The van der Waals surface area contributed by atoms with Crippen LogP contribution in [0.25, 0.3) is 5.69 Å². The Labute approximate surface area is 167 Å². The van der Waals surface area contributed by atoms with Gasteiger partial charge in [0.2, 0.25) is 5.95 Å². The van der Waals surface area contributed by atoms with E-state index >= 15 is 0 Å². The van der Waals surface area contributed by atoms with Gasteiger partial charge in [0.1, 0.15) is 0 Å². The summed E-state index contributed by atoms with van der Waals surface area (Å²) in [7, 11) is 0.